The smallest absolute Gasteiger partial charge is 0.124 e. The number of phenolic OH excluding ortho intramolecular Hbond substituents is 1. The Morgan fingerprint density at radius 2 is 2.16 bits per heavy atom. The number of thiophene rings is 1. The van der Waals surface area contributed by atoms with Crippen molar-refractivity contribution in [2.75, 3.05) is 7.11 Å². The van der Waals surface area contributed by atoms with Crippen LogP contribution in [0.4, 0.5) is 0 Å². The number of hydrogen-bond acceptors (Lipinski definition) is 4. The van der Waals surface area contributed by atoms with Crippen LogP contribution in [0.3, 0.4) is 0 Å². The minimum Gasteiger partial charge on any atom is -0.507 e. The van der Waals surface area contributed by atoms with Crippen LogP contribution in [-0.2, 0) is 6.54 Å². The number of benzene rings is 1. The SMILES string of the molecule is COc1ccc(C(C)NCc2cscc2C)c(O)c1. The van der Waals surface area contributed by atoms with Crippen LogP contribution in [0.2, 0.25) is 0 Å². The molecule has 1 heterocycles. The van der Waals surface area contributed by atoms with E-state index in [0.717, 1.165) is 12.1 Å². The first-order valence-corrected chi connectivity index (χ1v) is 7.18. The van der Waals surface area contributed by atoms with Crippen LogP contribution in [0.15, 0.2) is 29.0 Å². The van der Waals surface area contributed by atoms with E-state index in [9.17, 15) is 5.11 Å². The summed E-state index contributed by atoms with van der Waals surface area (Å²) >= 11 is 1.72. The van der Waals surface area contributed by atoms with Crippen molar-refractivity contribution in [1.82, 2.24) is 5.32 Å². The molecule has 2 rings (SSSR count). The monoisotopic (exact) mass is 277 g/mol. The molecule has 2 aromatic rings. The van der Waals surface area contributed by atoms with E-state index in [1.165, 1.54) is 11.1 Å². The largest absolute Gasteiger partial charge is 0.507 e. The molecule has 0 spiro atoms. The van der Waals surface area contributed by atoms with Crippen LogP contribution < -0.4 is 10.1 Å². The first kappa shape index (κ1) is 13.9. The molecule has 0 radical (unpaired) electrons. The molecule has 0 fully saturated rings. The summed E-state index contributed by atoms with van der Waals surface area (Å²) in [6, 6.07) is 5.49. The lowest BCUT2D eigenvalue weighted by molar-refractivity contribution is 0.404. The van der Waals surface area contributed by atoms with E-state index in [-0.39, 0.29) is 11.8 Å². The van der Waals surface area contributed by atoms with Gasteiger partial charge in [-0.2, -0.15) is 11.3 Å². The Morgan fingerprint density at radius 3 is 2.74 bits per heavy atom. The van der Waals surface area contributed by atoms with E-state index in [1.807, 2.05) is 19.1 Å². The maximum absolute atomic E-state index is 9.99. The molecular weight excluding hydrogens is 258 g/mol. The minimum absolute atomic E-state index is 0.0882. The second kappa shape index (κ2) is 6.08. The highest BCUT2D eigenvalue weighted by atomic mass is 32.1. The number of rotatable bonds is 5. The number of nitrogens with one attached hydrogen (secondary N) is 1. The molecule has 3 nitrogen and oxygen atoms in total. The molecule has 1 unspecified atom stereocenters. The minimum atomic E-state index is 0.0882. The van der Waals surface area contributed by atoms with Crippen molar-refractivity contribution in [1.29, 1.82) is 0 Å². The zero-order valence-corrected chi connectivity index (χ0v) is 12.3. The first-order chi connectivity index (χ1) is 9.11. The molecule has 0 saturated heterocycles. The highest BCUT2D eigenvalue weighted by molar-refractivity contribution is 7.08. The van der Waals surface area contributed by atoms with Gasteiger partial charge in [-0.15, -0.1) is 0 Å². The molecule has 4 heteroatoms. The van der Waals surface area contributed by atoms with Gasteiger partial charge in [0.25, 0.3) is 0 Å². The molecule has 1 aromatic carbocycles. The summed E-state index contributed by atoms with van der Waals surface area (Å²) in [6.45, 7) is 4.97. The number of aromatic hydroxyl groups is 1. The molecule has 102 valence electrons. The molecular formula is C15H19NO2S. The summed E-state index contributed by atoms with van der Waals surface area (Å²) in [5.41, 5.74) is 3.50. The van der Waals surface area contributed by atoms with E-state index in [4.69, 9.17) is 4.74 Å². The third-order valence-corrected chi connectivity index (χ3v) is 4.17. The molecule has 0 aliphatic heterocycles. The van der Waals surface area contributed by atoms with Crippen molar-refractivity contribution in [2.24, 2.45) is 0 Å². The van der Waals surface area contributed by atoms with Crippen LogP contribution >= 0.6 is 11.3 Å². The normalized spacial score (nSPS) is 12.4. The Labute approximate surface area is 117 Å². The number of phenols is 1. The first-order valence-electron chi connectivity index (χ1n) is 6.23. The van der Waals surface area contributed by atoms with Gasteiger partial charge in [0, 0.05) is 24.2 Å². The fourth-order valence-electron chi connectivity index (χ4n) is 1.96. The maximum Gasteiger partial charge on any atom is 0.124 e. The van der Waals surface area contributed by atoms with Crippen molar-refractivity contribution >= 4 is 11.3 Å². The second-order valence-corrected chi connectivity index (χ2v) is 5.35. The number of methoxy groups -OCH3 is 1. The van der Waals surface area contributed by atoms with Gasteiger partial charge in [-0.3, -0.25) is 0 Å². The summed E-state index contributed by atoms with van der Waals surface area (Å²) in [6.07, 6.45) is 0. The molecule has 19 heavy (non-hydrogen) atoms. The zero-order chi connectivity index (χ0) is 13.8. The van der Waals surface area contributed by atoms with Gasteiger partial charge in [0.15, 0.2) is 0 Å². The quantitative estimate of drug-likeness (QED) is 0.877. The third-order valence-electron chi connectivity index (χ3n) is 3.26. The number of ether oxygens (including phenoxy) is 1. The predicted molar refractivity (Wildman–Crippen MR) is 79.0 cm³/mol. The van der Waals surface area contributed by atoms with Gasteiger partial charge in [0.05, 0.1) is 7.11 Å². The topological polar surface area (TPSA) is 41.5 Å². The van der Waals surface area contributed by atoms with Gasteiger partial charge in [0.1, 0.15) is 11.5 Å². The standard InChI is InChI=1S/C15H19NO2S/c1-10-8-19-9-12(10)7-16-11(2)14-5-4-13(18-3)6-15(14)17/h4-6,8-9,11,16-17H,7H2,1-3H3. The average Bonchev–Trinajstić information content (AvgIpc) is 2.81. The predicted octanol–water partition coefficient (Wildman–Crippen LogP) is 3.62. The average molecular weight is 277 g/mol. The number of aryl methyl sites for hydroxylation is 1. The third kappa shape index (κ3) is 3.28. The highest BCUT2D eigenvalue weighted by Gasteiger charge is 2.11. The van der Waals surface area contributed by atoms with E-state index in [0.29, 0.717) is 5.75 Å². The Bertz CT molecular complexity index is 551. The van der Waals surface area contributed by atoms with Gasteiger partial charge in [0.2, 0.25) is 0 Å². The Morgan fingerprint density at radius 1 is 1.37 bits per heavy atom. The Balaban J connectivity index is 2.03. The Kier molecular flexibility index (Phi) is 4.45. The van der Waals surface area contributed by atoms with Crippen molar-refractivity contribution in [3.8, 4) is 11.5 Å². The van der Waals surface area contributed by atoms with Crippen LogP contribution in [0.25, 0.3) is 0 Å². The van der Waals surface area contributed by atoms with Crippen LogP contribution in [-0.4, -0.2) is 12.2 Å². The van der Waals surface area contributed by atoms with Crippen molar-refractivity contribution < 1.29 is 9.84 Å². The lowest BCUT2D eigenvalue weighted by Crippen LogP contribution is -2.18. The summed E-state index contributed by atoms with van der Waals surface area (Å²) in [4.78, 5) is 0. The summed E-state index contributed by atoms with van der Waals surface area (Å²) in [5, 5.41) is 17.7. The van der Waals surface area contributed by atoms with E-state index >= 15 is 0 Å². The van der Waals surface area contributed by atoms with Gasteiger partial charge in [-0.1, -0.05) is 6.07 Å². The molecule has 0 aliphatic carbocycles. The second-order valence-electron chi connectivity index (χ2n) is 4.61. The van der Waals surface area contributed by atoms with E-state index < -0.39 is 0 Å². The van der Waals surface area contributed by atoms with E-state index in [1.54, 1.807) is 24.5 Å². The van der Waals surface area contributed by atoms with Crippen LogP contribution in [0.5, 0.6) is 11.5 Å². The molecule has 2 N–H and O–H groups in total. The molecule has 1 aromatic heterocycles. The van der Waals surface area contributed by atoms with Gasteiger partial charge in [-0.05, 0) is 41.8 Å². The van der Waals surface area contributed by atoms with Crippen LogP contribution in [0, 0.1) is 6.92 Å². The van der Waals surface area contributed by atoms with Crippen molar-refractivity contribution in [3.63, 3.8) is 0 Å². The molecule has 0 bridgehead atoms. The van der Waals surface area contributed by atoms with Gasteiger partial charge in [-0.25, -0.2) is 0 Å². The number of hydrogen-bond donors (Lipinski definition) is 2. The molecule has 0 saturated carbocycles. The lowest BCUT2D eigenvalue weighted by atomic mass is 10.1. The molecule has 0 aliphatic rings. The van der Waals surface area contributed by atoms with E-state index in [2.05, 4.69) is 23.0 Å². The van der Waals surface area contributed by atoms with Crippen molar-refractivity contribution in [3.05, 3.63) is 45.6 Å². The molecule has 1 atom stereocenters. The van der Waals surface area contributed by atoms with Crippen molar-refractivity contribution in [2.45, 2.75) is 26.4 Å². The fourth-order valence-corrected chi connectivity index (χ4v) is 2.81. The van der Waals surface area contributed by atoms with Crippen LogP contribution in [0.1, 0.15) is 29.7 Å². The highest BCUT2D eigenvalue weighted by Crippen LogP contribution is 2.28. The van der Waals surface area contributed by atoms with Gasteiger partial charge >= 0.3 is 0 Å². The summed E-state index contributed by atoms with van der Waals surface area (Å²) < 4.78 is 5.09. The lowest BCUT2D eigenvalue weighted by Gasteiger charge is -2.16. The maximum atomic E-state index is 9.99. The molecule has 0 amide bonds. The van der Waals surface area contributed by atoms with Gasteiger partial charge < -0.3 is 15.2 Å². The zero-order valence-electron chi connectivity index (χ0n) is 11.4. The fraction of sp³-hybridized carbons (Fsp3) is 0.333. The summed E-state index contributed by atoms with van der Waals surface area (Å²) in [7, 11) is 1.59. The summed E-state index contributed by atoms with van der Waals surface area (Å²) in [5.74, 6) is 0.934. The Hall–Kier alpha value is -1.52.